The molecule has 1 fully saturated rings. The molecule has 0 saturated heterocycles. The third kappa shape index (κ3) is 4.96. The molecule has 0 aromatic carbocycles. The molecule has 1 amide bonds. The van der Waals surface area contributed by atoms with E-state index in [4.69, 9.17) is 11.6 Å². The summed E-state index contributed by atoms with van der Waals surface area (Å²) in [5.41, 5.74) is 0. The van der Waals surface area contributed by atoms with Gasteiger partial charge in [0.2, 0.25) is 5.91 Å². The zero-order valence-electron chi connectivity index (χ0n) is 11.9. The quantitative estimate of drug-likeness (QED) is 0.600. The minimum absolute atomic E-state index is 0.137. The van der Waals surface area contributed by atoms with Crippen molar-refractivity contribution in [3.8, 4) is 0 Å². The first-order chi connectivity index (χ1) is 9.54. The number of rotatable bonds is 7. The number of carbonyl (C=O) groups is 1. The summed E-state index contributed by atoms with van der Waals surface area (Å²) in [4.78, 5) is 20.1. The van der Waals surface area contributed by atoms with E-state index in [2.05, 4.69) is 20.6 Å². The van der Waals surface area contributed by atoms with Crippen LogP contribution in [0.5, 0.6) is 0 Å². The van der Waals surface area contributed by atoms with Crippen LogP contribution < -0.4 is 10.6 Å². The fourth-order valence-corrected chi connectivity index (χ4v) is 1.97. The van der Waals surface area contributed by atoms with Crippen LogP contribution in [0.15, 0.2) is 6.07 Å². The number of nitrogens with zero attached hydrogens (tertiary/aromatic N) is 2. The number of aromatic nitrogens is 2. The molecule has 2 N–H and O–H groups in total. The van der Waals surface area contributed by atoms with Crippen LogP contribution in [0.3, 0.4) is 0 Å². The van der Waals surface area contributed by atoms with Gasteiger partial charge in [-0.25, -0.2) is 9.97 Å². The average molecular weight is 297 g/mol. The summed E-state index contributed by atoms with van der Waals surface area (Å²) in [5.74, 6) is 1.82. The van der Waals surface area contributed by atoms with Crippen LogP contribution in [0.25, 0.3) is 0 Å². The van der Waals surface area contributed by atoms with Crippen molar-refractivity contribution in [3.63, 3.8) is 0 Å². The van der Waals surface area contributed by atoms with E-state index in [1.807, 2.05) is 13.8 Å². The molecular formula is C14H21ClN4O. The third-order valence-corrected chi connectivity index (χ3v) is 3.25. The maximum atomic E-state index is 11.5. The molecule has 1 saturated carbocycles. The van der Waals surface area contributed by atoms with Crippen LogP contribution in [0.1, 0.15) is 51.3 Å². The van der Waals surface area contributed by atoms with Crippen LogP contribution in [0, 0.1) is 0 Å². The Morgan fingerprint density at radius 2 is 2.20 bits per heavy atom. The van der Waals surface area contributed by atoms with Gasteiger partial charge in [-0.15, -0.1) is 0 Å². The molecule has 0 spiro atoms. The molecule has 20 heavy (non-hydrogen) atoms. The summed E-state index contributed by atoms with van der Waals surface area (Å²) in [6.45, 7) is 4.75. The van der Waals surface area contributed by atoms with Crippen LogP contribution in [0.4, 0.5) is 5.82 Å². The van der Waals surface area contributed by atoms with E-state index in [0.717, 1.165) is 30.9 Å². The van der Waals surface area contributed by atoms with Crippen LogP contribution in [-0.4, -0.2) is 28.5 Å². The van der Waals surface area contributed by atoms with Gasteiger partial charge in [0.25, 0.3) is 0 Å². The van der Waals surface area contributed by atoms with Gasteiger partial charge in [0.15, 0.2) is 0 Å². The highest BCUT2D eigenvalue weighted by Gasteiger charge is 2.22. The smallest absolute Gasteiger partial charge is 0.220 e. The van der Waals surface area contributed by atoms with Crippen molar-refractivity contribution in [3.05, 3.63) is 17.0 Å². The van der Waals surface area contributed by atoms with E-state index < -0.39 is 0 Å². The lowest BCUT2D eigenvalue weighted by Gasteiger charge is -2.09. The normalized spacial score (nSPS) is 14.4. The van der Waals surface area contributed by atoms with Gasteiger partial charge in [-0.2, -0.15) is 0 Å². The molecule has 110 valence electrons. The molecule has 0 aliphatic heterocycles. The van der Waals surface area contributed by atoms with Gasteiger partial charge in [-0.3, -0.25) is 4.79 Å². The number of amides is 1. The van der Waals surface area contributed by atoms with Gasteiger partial charge in [0, 0.05) is 31.0 Å². The van der Waals surface area contributed by atoms with Gasteiger partial charge in [0.1, 0.15) is 16.8 Å². The fraction of sp³-hybridized carbons (Fsp3) is 0.643. The fourth-order valence-electron chi connectivity index (χ4n) is 1.78. The maximum absolute atomic E-state index is 11.5. The Balaban J connectivity index is 1.74. The molecule has 1 heterocycles. The minimum atomic E-state index is 0.137. The molecule has 1 aliphatic carbocycles. The molecule has 0 atom stereocenters. The monoisotopic (exact) mass is 296 g/mol. The van der Waals surface area contributed by atoms with Crippen molar-refractivity contribution >= 4 is 23.3 Å². The van der Waals surface area contributed by atoms with E-state index in [9.17, 15) is 4.79 Å². The summed E-state index contributed by atoms with van der Waals surface area (Å²) in [5, 5.41) is 6.60. The summed E-state index contributed by atoms with van der Waals surface area (Å²) in [7, 11) is 0. The Kier molecular flexibility index (Phi) is 5.17. The summed E-state index contributed by atoms with van der Waals surface area (Å²) < 4.78 is 0. The van der Waals surface area contributed by atoms with Crippen LogP contribution in [0.2, 0.25) is 5.15 Å². The number of nitrogens with one attached hydrogen (secondary N) is 2. The zero-order chi connectivity index (χ0) is 14.5. The molecule has 1 aromatic rings. The van der Waals surface area contributed by atoms with Gasteiger partial charge in [0.05, 0.1) is 0 Å². The predicted octanol–water partition coefficient (Wildman–Crippen LogP) is 2.72. The molecule has 0 bridgehead atoms. The summed E-state index contributed by atoms with van der Waals surface area (Å²) >= 11 is 5.97. The third-order valence-electron chi connectivity index (χ3n) is 3.06. The molecule has 5 nitrogen and oxygen atoms in total. The first-order valence-electron chi connectivity index (χ1n) is 7.12. The van der Waals surface area contributed by atoms with Crippen LogP contribution >= 0.6 is 11.6 Å². The lowest BCUT2D eigenvalue weighted by molar-refractivity contribution is -0.121. The first kappa shape index (κ1) is 15.0. The van der Waals surface area contributed by atoms with Gasteiger partial charge >= 0.3 is 0 Å². The number of carbonyl (C=O) groups excluding carboxylic acids is 1. The topological polar surface area (TPSA) is 66.9 Å². The van der Waals surface area contributed by atoms with Crippen molar-refractivity contribution in [1.29, 1.82) is 0 Å². The van der Waals surface area contributed by atoms with E-state index in [1.165, 1.54) is 0 Å². The average Bonchev–Trinajstić information content (AvgIpc) is 3.18. The van der Waals surface area contributed by atoms with E-state index in [1.54, 1.807) is 6.07 Å². The number of hydrogen-bond acceptors (Lipinski definition) is 4. The van der Waals surface area contributed by atoms with Gasteiger partial charge < -0.3 is 10.6 Å². The van der Waals surface area contributed by atoms with Crippen molar-refractivity contribution in [2.45, 2.75) is 51.5 Å². The second-order valence-electron chi connectivity index (χ2n) is 5.46. The molecular weight excluding hydrogens is 276 g/mol. The molecule has 6 heteroatoms. The van der Waals surface area contributed by atoms with Gasteiger partial charge in [-0.05, 0) is 19.3 Å². The van der Waals surface area contributed by atoms with E-state index >= 15 is 0 Å². The Labute approximate surface area is 124 Å². The Bertz CT molecular complexity index is 474. The number of hydrogen-bond donors (Lipinski definition) is 2. The molecule has 1 aliphatic rings. The SMILES string of the molecule is CC(C)c1nc(Cl)cc(NCCCC(=O)NC2CC2)n1. The van der Waals surface area contributed by atoms with E-state index in [0.29, 0.717) is 24.2 Å². The highest BCUT2D eigenvalue weighted by atomic mass is 35.5. The Morgan fingerprint density at radius 3 is 2.85 bits per heavy atom. The first-order valence-corrected chi connectivity index (χ1v) is 7.50. The lowest BCUT2D eigenvalue weighted by Crippen LogP contribution is -2.25. The van der Waals surface area contributed by atoms with Crippen LogP contribution in [-0.2, 0) is 4.79 Å². The highest BCUT2D eigenvalue weighted by molar-refractivity contribution is 6.29. The molecule has 1 aromatic heterocycles. The number of anilines is 1. The maximum Gasteiger partial charge on any atom is 0.220 e. The molecule has 0 radical (unpaired) electrons. The molecule has 0 unspecified atom stereocenters. The Hall–Kier alpha value is -1.36. The number of halogens is 1. The highest BCUT2D eigenvalue weighted by Crippen LogP contribution is 2.19. The zero-order valence-corrected chi connectivity index (χ0v) is 12.7. The largest absolute Gasteiger partial charge is 0.370 e. The van der Waals surface area contributed by atoms with Crippen molar-refractivity contribution in [2.24, 2.45) is 0 Å². The lowest BCUT2D eigenvalue weighted by atomic mass is 10.2. The second kappa shape index (κ2) is 6.88. The van der Waals surface area contributed by atoms with Crippen molar-refractivity contribution in [2.75, 3.05) is 11.9 Å². The standard InChI is InChI=1S/C14H21ClN4O/c1-9(2)14-18-11(15)8-12(19-14)16-7-3-4-13(20)17-10-5-6-10/h8-10H,3-7H2,1-2H3,(H,17,20)(H,16,18,19). The van der Waals surface area contributed by atoms with Crippen molar-refractivity contribution in [1.82, 2.24) is 15.3 Å². The summed E-state index contributed by atoms with van der Waals surface area (Å²) in [6.07, 6.45) is 3.57. The predicted molar refractivity (Wildman–Crippen MR) is 80.0 cm³/mol. The van der Waals surface area contributed by atoms with Crippen molar-refractivity contribution < 1.29 is 4.79 Å². The van der Waals surface area contributed by atoms with Gasteiger partial charge in [-0.1, -0.05) is 25.4 Å². The summed E-state index contributed by atoms with van der Waals surface area (Å²) in [6, 6.07) is 2.14. The minimum Gasteiger partial charge on any atom is -0.370 e. The molecule has 2 rings (SSSR count). The van der Waals surface area contributed by atoms with E-state index in [-0.39, 0.29) is 11.8 Å². The second-order valence-corrected chi connectivity index (χ2v) is 5.85. The Morgan fingerprint density at radius 1 is 1.45 bits per heavy atom.